The number of cyclic esters (lactones) is 1. The molecule has 2 aliphatic rings. The first kappa shape index (κ1) is 19.6. The Bertz CT molecular complexity index is 731. The topological polar surface area (TPSA) is 63.7 Å². The zero-order valence-corrected chi connectivity index (χ0v) is 16.7. The molecule has 2 heterocycles. The van der Waals surface area contributed by atoms with Crippen molar-refractivity contribution in [2.45, 2.75) is 52.6 Å². The minimum atomic E-state index is -0.900. The summed E-state index contributed by atoms with van der Waals surface area (Å²) in [6.07, 6.45) is 3.02. The predicted octanol–water partition coefficient (Wildman–Crippen LogP) is 3.39. The van der Waals surface area contributed by atoms with Gasteiger partial charge in [-0.25, -0.2) is 0 Å². The Kier molecular flexibility index (Phi) is 5.41. The summed E-state index contributed by atoms with van der Waals surface area (Å²) >= 11 is 0. The lowest BCUT2D eigenvalue weighted by Crippen LogP contribution is -2.47. The van der Waals surface area contributed by atoms with E-state index in [-0.39, 0.29) is 11.7 Å². The molecule has 0 aliphatic carbocycles. The summed E-state index contributed by atoms with van der Waals surface area (Å²) in [5.74, 6) is -2.60. The van der Waals surface area contributed by atoms with Crippen LogP contribution in [-0.4, -0.2) is 41.3 Å². The van der Waals surface area contributed by atoms with Crippen LogP contribution in [0.15, 0.2) is 24.3 Å². The molecule has 27 heavy (non-hydrogen) atoms. The highest BCUT2D eigenvalue weighted by Crippen LogP contribution is 2.44. The van der Waals surface area contributed by atoms with E-state index >= 15 is 0 Å². The Balaban J connectivity index is 1.88. The third-order valence-electron chi connectivity index (χ3n) is 6.00. The van der Waals surface area contributed by atoms with Gasteiger partial charge in [-0.3, -0.25) is 14.4 Å². The van der Waals surface area contributed by atoms with E-state index in [2.05, 4.69) is 0 Å². The molecule has 2 fully saturated rings. The number of rotatable bonds is 4. The van der Waals surface area contributed by atoms with Crippen LogP contribution in [0, 0.1) is 24.7 Å². The van der Waals surface area contributed by atoms with Crippen LogP contribution in [0.4, 0.5) is 0 Å². The molecule has 5 heteroatoms. The second kappa shape index (κ2) is 7.45. The van der Waals surface area contributed by atoms with Crippen LogP contribution in [0.25, 0.3) is 0 Å². The molecule has 5 nitrogen and oxygen atoms in total. The molecule has 0 radical (unpaired) electrons. The Morgan fingerprint density at radius 3 is 2.30 bits per heavy atom. The van der Waals surface area contributed by atoms with Crippen LogP contribution in [0.3, 0.4) is 0 Å². The average Bonchev–Trinajstić information content (AvgIpc) is 2.89. The Morgan fingerprint density at radius 1 is 1.11 bits per heavy atom. The molecule has 3 atom stereocenters. The highest BCUT2D eigenvalue weighted by atomic mass is 16.6. The number of benzene rings is 1. The van der Waals surface area contributed by atoms with Gasteiger partial charge in [0.15, 0.2) is 5.78 Å². The van der Waals surface area contributed by atoms with E-state index in [1.807, 2.05) is 26.0 Å². The van der Waals surface area contributed by atoms with Crippen molar-refractivity contribution in [2.75, 3.05) is 13.1 Å². The van der Waals surface area contributed by atoms with Crippen molar-refractivity contribution in [1.29, 1.82) is 0 Å². The summed E-state index contributed by atoms with van der Waals surface area (Å²) < 4.78 is 5.57. The summed E-state index contributed by atoms with van der Waals surface area (Å²) in [5, 5.41) is 0. The molecule has 3 unspecified atom stereocenters. The molecule has 0 N–H and O–H groups in total. The van der Waals surface area contributed by atoms with Gasteiger partial charge in [0.25, 0.3) is 0 Å². The van der Waals surface area contributed by atoms with Crippen LogP contribution in [0.1, 0.15) is 56.0 Å². The van der Waals surface area contributed by atoms with E-state index in [1.165, 1.54) is 0 Å². The van der Waals surface area contributed by atoms with Crippen molar-refractivity contribution in [3.05, 3.63) is 35.4 Å². The third-order valence-corrected chi connectivity index (χ3v) is 6.00. The lowest BCUT2D eigenvalue weighted by molar-refractivity contribution is -0.153. The minimum absolute atomic E-state index is 0.0529. The second-order valence-electron chi connectivity index (χ2n) is 8.43. The first-order chi connectivity index (χ1) is 12.7. The zero-order valence-electron chi connectivity index (χ0n) is 16.7. The van der Waals surface area contributed by atoms with Gasteiger partial charge in [-0.1, -0.05) is 36.8 Å². The Labute approximate surface area is 161 Å². The number of carbonyl (C=O) groups excluding carboxylic acids is 3. The van der Waals surface area contributed by atoms with Gasteiger partial charge in [-0.15, -0.1) is 0 Å². The van der Waals surface area contributed by atoms with Crippen molar-refractivity contribution in [3.8, 4) is 0 Å². The van der Waals surface area contributed by atoms with Crippen LogP contribution in [-0.2, 0) is 14.3 Å². The van der Waals surface area contributed by atoms with E-state index in [9.17, 15) is 14.4 Å². The maximum Gasteiger partial charge on any atom is 0.319 e. The maximum absolute atomic E-state index is 13.1. The number of nitrogens with zero attached hydrogens (tertiary/aromatic N) is 1. The van der Waals surface area contributed by atoms with E-state index in [0.29, 0.717) is 18.7 Å². The van der Waals surface area contributed by atoms with E-state index < -0.39 is 29.3 Å². The van der Waals surface area contributed by atoms with Gasteiger partial charge in [0.05, 0.1) is 0 Å². The molecule has 1 aromatic rings. The van der Waals surface area contributed by atoms with Gasteiger partial charge < -0.3 is 9.64 Å². The molecular weight excluding hydrogens is 342 g/mol. The number of hydrogen-bond acceptors (Lipinski definition) is 4. The molecular formula is C22H29NO4. The fourth-order valence-corrected chi connectivity index (χ4v) is 4.54. The standard InChI is InChI=1S/C22H29NO4/c1-14-8-10-16(11-9-14)19(24)15(2)18-17(21(26)27-22(18,3)4)20(25)23-12-6-5-7-13-23/h8-11,15,17-18H,5-7,12-13H2,1-4H3. The highest BCUT2D eigenvalue weighted by Gasteiger charge is 2.57. The molecule has 0 aromatic heterocycles. The minimum Gasteiger partial charge on any atom is -0.459 e. The first-order valence-electron chi connectivity index (χ1n) is 9.85. The van der Waals surface area contributed by atoms with E-state index in [0.717, 1.165) is 24.8 Å². The molecule has 2 aliphatic heterocycles. The number of likely N-dealkylation sites (tertiary alicyclic amines) is 1. The maximum atomic E-state index is 13.1. The zero-order chi connectivity index (χ0) is 19.8. The Hall–Kier alpha value is -2.17. The average molecular weight is 371 g/mol. The van der Waals surface area contributed by atoms with Crippen LogP contribution >= 0.6 is 0 Å². The molecule has 1 amide bonds. The lowest BCUT2D eigenvalue weighted by atomic mass is 9.72. The largest absolute Gasteiger partial charge is 0.459 e. The van der Waals surface area contributed by atoms with Gasteiger partial charge >= 0.3 is 5.97 Å². The molecule has 0 spiro atoms. The summed E-state index contributed by atoms with van der Waals surface area (Å²) in [6.45, 7) is 8.74. The number of ether oxygens (including phenoxy) is 1. The van der Waals surface area contributed by atoms with Crippen LogP contribution in [0.5, 0.6) is 0 Å². The lowest BCUT2D eigenvalue weighted by Gasteiger charge is -2.34. The van der Waals surface area contributed by atoms with Crippen molar-refractivity contribution >= 4 is 17.7 Å². The number of hydrogen-bond donors (Lipinski definition) is 0. The Morgan fingerprint density at radius 2 is 1.70 bits per heavy atom. The normalized spacial score (nSPS) is 25.8. The number of ketones is 1. The molecule has 0 saturated carbocycles. The van der Waals surface area contributed by atoms with Crippen molar-refractivity contribution in [1.82, 2.24) is 4.90 Å². The quantitative estimate of drug-likeness (QED) is 0.462. The van der Waals surface area contributed by atoms with E-state index in [4.69, 9.17) is 4.74 Å². The van der Waals surface area contributed by atoms with Gasteiger partial charge in [0.2, 0.25) is 5.91 Å². The van der Waals surface area contributed by atoms with Crippen LogP contribution in [0.2, 0.25) is 0 Å². The predicted molar refractivity (Wildman–Crippen MR) is 102 cm³/mol. The molecule has 146 valence electrons. The number of piperidine rings is 1. The number of Topliss-reactive ketones (excluding diaryl/α,β-unsaturated/α-hetero) is 1. The fraction of sp³-hybridized carbons (Fsp3) is 0.591. The summed E-state index contributed by atoms with van der Waals surface area (Å²) in [7, 11) is 0. The number of esters is 1. The SMILES string of the molecule is Cc1ccc(C(=O)C(C)C2C(C(=O)N3CCCCC3)C(=O)OC2(C)C)cc1. The second-order valence-corrected chi connectivity index (χ2v) is 8.43. The van der Waals surface area contributed by atoms with Crippen molar-refractivity contribution in [2.24, 2.45) is 17.8 Å². The molecule has 1 aromatic carbocycles. The summed E-state index contributed by atoms with van der Waals surface area (Å²) in [4.78, 5) is 40.6. The molecule has 3 rings (SSSR count). The molecule has 0 bridgehead atoms. The first-order valence-corrected chi connectivity index (χ1v) is 9.85. The van der Waals surface area contributed by atoms with Gasteiger partial charge in [0.1, 0.15) is 11.5 Å². The monoisotopic (exact) mass is 371 g/mol. The van der Waals surface area contributed by atoms with Gasteiger partial charge in [-0.2, -0.15) is 0 Å². The summed E-state index contributed by atoms with van der Waals surface area (Å²) in [5.41, 5.74) is 0.831. The smallest absolute Gasteiger partial charge is 0.319 e. The highest BCUT2D eigenvalue weighted by molar-refractivity contribution is 6.03. The van der Waals surface area contributed by atoms with Gasteiger partial charge in [-0.05, 0) is 40.0 Å². The van der Waals surface area contributed by atoms with Crippen molar-refractivity contribution in [3.63, 3.8) is 0 Å². The molecule has 2 saturated heterocycles. The van der Waals surface area contributed by atoms with Crippen molar-refractivity contribution < 1.29 is 19.1 Å². The number of carbonyl (C=O) groups is 3. The fourth-order valence-electron chi connectivity index (χ4n) is 4.54. The number of amides is 1. The summed E-state index contributed by atoms with van der Waals surface area (Å²) in [6, 6.07) is 7.41. The third kappa shape index (κ3) is 3.78. The van der Waals surface area contributed by atoms with Crippen LogP contribution < -0.4 is 0 Å². The number of aryl methyl sites for hydroxylation is 1. The van der Waals surface area contributed by atoms with Gasteiger partial charge in [0, 0.05) is 30.5 Å². The van der Waals surface area contributed by atoms with E-state index in [1.54, 1.807) is 30.9 Å².